The Balaban J connectivity index is 2.87. The van der Waals surface area contributed by atoms with Crippen LogP contribution in [0.4, 0.5) is 0 Å². The molecule has 1 atom stereocenters. The van der Waals surface area contributed by atoms with Crippen molar-refractivity contribution in [3.63, 3.8) is 0 Å². The minimum atomic E-state index is 0.0260. The normalized spacial score (nSPS) is 12.5. The average Bonchev–Trinajstić information content (AvgIpc) is 2.10. The molecule has 0 saturated carbocycles. The van der Waals surface area contributed by atoms with Crippen LogP contribution in [-0.4, -0.2) is 0 Å². The lowest BCUT2D eigenvalue weighted by atomic mass is 10.1. The second-order valence-electron chi connectivity index (χ2n) is 2.43. The molecule has 2 nitrogen and oxygen atoms in total. The van der Waals surface area contributed by atoms with Gasteiger partial charge in [0.25, 0.3) is 0 Å². The van der Waals surface area contributed by atoms with Gasteiger partial charge in [-0.3, -0.25) is 5.84 Å². The van der Waals surface area contributed by atoms with Gasteiger partial charge in [-0.05, 0) is 17.7 Å². The molecule has 64 valence electrons. The molecular weight excluding hydrogens is 216 g/mol. The van der Waals surface area contributed by atoms with Gasteiger partial charge in [-0.15, -0.1) is 6.58 Å². The first kappa shape index (κ1) is 9.45. The van der Waals surface area contributed by atoms with Crippen LogP contribution in [0, 0.1) is 0 Å². The lowest BCUT2D eigenvalue weighted by Crippen LogP contribution is -2.26. The van der Waals surface area contributed by atoms with Crippen LogP contribution in [0.5, 0.6) is 0 Å². The first-order chi connectivity index (χ1) is 5.77. The van der Waals surface area contributed by atoms with E-state index in [1.807, 2.05) is 24.3 Å². The molecular formula is C9H11BrN2. The summed E-state index contributed by atoms with van der Waals surface area (Å²) in [7, 11) is 0. The number of rotatable bonds is 3. The number of benzene rings is 1. The fourth-order valence-corrected chi connectivity index (χ4v) is 1.23. The highest BCUT2D eigenvalue weighted by Gasteiger charge is 2.02. The van der Waals surface area contributed by atoms with E-state index in [4.69, 9.17) is 5.84 Å². The minimum Gasteiger partial charge on any atom is -0.271 e. The maximum atomic E-state index is 5.32. The van der Waals surface area contributed by atoms with E-state index < -0.39 is 0 Å². The number of halogens is 1. The third-order valence-corrected chi connectivity index (χ3v) is 2.17. The Kier molecular flexibility index (Phi) is 3.47. The molecule has 12 heavy (non-hydrogen) atoms. The van der Waals surface area contributed by atoms with Crippen molar-refractivity contribution in [1.29, 1.82) is 0 Å². The van der Waals surface area contributed by atoms with E-state index in [0.29, 0.717) is 0 Å². The lowest BCUT2D eigenvalue weighted by Gasteiger charge is -2.10. The van der Waals surface area contributed by atoms with Crippen molar-refractivity contribution in [2.75, 3.05) is 0 Å². The van der Waals surface area contributed by atoms with Crippen LogP contribution < -0.4 is 11.3 Å². The van der Waals surface area contributed by atoms with Gasteiger partial charge in [0.15, 0.2) is 0 Å². The third kappa shape index (κ3) is 2.17. The van der Waals surface area contributed by atoms with Crippen molar-refractivity contribution in [3.05, 3.63) is 47.0 Å². The largest absolute Gasteiger partial charge is 0.271 e. The number of hydrazine groups is 1. The zero-order valence-electron chi connectivity index (χ0n) is 6.63. The lowest BCUT2D eigenvalue weighted by molar-refractivity contribution is 0.657. The molecule has 0 aliphatic rings. The molecule has 0 heterocycles. The van der Waals surface area contributed by atoms with Crippen LogP contribution in [0.2, 0.25) is 0 Å². The Morgan fingerprint density at radius 1 is 1.42 bits per heavy atom. The standard InChI is InChI=1S/C9H11BrN2/c1-2-9(12-11)7-3-5-8(10)6-4-7/h2-6,9,12H,1,11H2. The predicted molar refractivity (Wildman–Crippen MR) is 54.4 cm³/mol. The van der Waals surface area contributed by atoms with E-state index in [0.717, 1.165) is 10.0 Å². The van der Waals surface area contributed by atoms with E-state index in [2.05, 4.69) is 27.9 Å². The summed E-state index contributed by atoms with van der Waals surface area (Å²) in [6.45, 7) is 3.68. The van der Waals surface area contributed by atoms with Gasteiger partial charge in [-0.2, -0.15) is 0 Å². The van der Waals surface area contributed by atoms with Crippen molar-refractivity contribution >= 4 is 15.9 Å². The van der Waals surface area contributed by atoms with Gasteiger partial charge in [-0.25, -0.2) is 5.43 Å². The van der Waals surface area contributed by atoms with Crippen molar-refractivity contribution in [3.8, 4) is 0 Å². The molecule has 0 aromatic heterocycles. The molecule has 1 unspecified atom stereocenters. The Bertz CT molecular complexity index is 256. The van der Waals surface area contributed by atoms with E-state index in [9.17, 15) is 0 Å². The fourth-order valence-electron chi connectivity index (χ4n) is 0.970. The summed E-state index contributed by atoms with van der Waals surface area (Å²) in [5, 5.41) is 0. The zero-order valence-corrected chi connectivity index (χ0v) is 8.21. The molecule has 0 saturated heterocycles. The second kappa shape index (κ2) is 4.40. The Labute approximate surface area is 80.6 Å². The average molecular weight is 227 g/mol. The van der Waals surface area contributed by atoms with Gasteiger partial charge < -0.3 is 0 Å². The molecule has 0 bridgehead atoms. The van der Waals surface area contributed by atoms with Crippen LogP contribution in [0.1, 0.15) is 11.6 Å². The summed E-state index contributed by atoms with van der Waals surface area (Å²) in [5.74, 6) is 5.32. The molecule has 0 fully saturated rings. The molecule has 0 radical (unpaired) electrons. The predicted octanol–water partition coefficient (Wildman–Crippen LogP) is 2.14. The van der Waals surface area contributed by atoms with Crippen LogP contribution >= 0.6 is 15.9 Å². The van der Waals surface area contributed by atoms with Crippen molar-refractivity contribution < 1.29 is 0 Å². The highest BCUT2D eigenvalue weighted by molar-refractivity contribution is 9.10. The van der Waals surface area contributed by atoms with Crippen molar-refractivity contribution in [1.82, 2.24) is 5.43 Å². The van der Waals surface area contributed by atoms with Gasteiger partial charge >= 0.3 is 0 Å². The molecule has 1 rings (SSSR count). The van der Waals surface area contributed by atoms with Gasteiger partial charge in [0.2, 0.25) is 0 Å². The van der Waals surface area contributed by atoms with E-state index in [1.165, 1.54) is 0 Å². The Morgan fingerprint density at radius 3 is 2.42 bits per heavy atom. The van der Waals surface area contributed by atoms with Crippen LogP contribution in [0.25, 0.3) is 0 Å². The molecule has 1 aromatic rings. The van der Waals surface area contributed by atoms with Gasteiger partial charge in [0.05, 0.1) is 6.04 Å². The SMILES string of the molecule is C=CC(NN)c1ccc(Br)cc1. The third-order valence-electron chi connectivity index (χ3n) is 1.64. The fraction of sp³-hybridized carbons (Fsp3) is 0.111. The van der Waals surface area contributed by atoms with Crippen LogP contribution in [-0.2, 0) is 0 Å². The molecule has 3 heteroatoms. The molecule has 0 spiro atoms. The first-order valence-corrected chi connectivity index (χ1v) is 4.41. The smallest absolute Gasteiger partial charge is 0.0638 e. The number of hydrogen-bond acceptors (Lipinski definition) is 2. The topological polar surface area (TPSA) is 38.0 Å². The van der Waals surface area contributed by atoms with Gasteiger partial charge in [0, 0.05) is 4.47 Å². The maximum absolute atomic E-state index is 5.32. The Morgan fingerprint density at radius 2 is 2.00 bits per heavy atom. The van der Waals surface area contributed by atoms with E-state index in [-0.39, 0.29) is 6.04 Å². The second-order valence-corrected chi connectivity index (χ2v) is 3.35. The summed E-state index contributed by atoms with van der Waals surface area (Å²) in [4.78, 5) is 0. The molecule has 0 aliphatic carbocycles. The maximum Gasteiger partial charge on any atom is 0.0638 e. The number of hydrogen-bond donors (Lipinski definition) is 2. The summed E-state index contributed by atoms with van der Waals surface area (Å²) in [5.41, 5.74) is 3.76. The summed E-state index contributed by atoms with van der Waals surface area (Å²) >= 11 is 3.36. The number of nitrogens with two attached hydrogens (primary N) is 1. The molecule has 0 aliphatic heterocycles. The highest BCUT2D eigenvalue weighted by atomic mass is 79.9. The Hall–Kier alpha value is -0.640. The van der Waals surface area contributed by atoms with Gasteiger partial charge in [0.1, 0.15) is 0 Å². The first-order valence-electron chi connectivity index (χ1n) is 3.62. The zero-order chi connectivity index (χ0) is 8.97. The summed E-state index contributed by atoms with van der Waals surface area (Å²) in [6, 6.07) is 7.97. The summed E-state index contributed by atoms with van der Waals surface area (Å²) in [6.07, 6.45) is 1.77. The van der Waals surface area contributed by atoms with E-state index in [1.54, 1.807) is 6.08 Å². The van der Waals surface area contributed by atoms with Crippen LogP contribution in [0.15, 0.2) is 41.4 Å². The minimum absolute atomic E-state index is 0.0260. The summed E-state index contributed by atoms with van der Waals surface area (Å²) < 4.78 is 1.06. The monoisotopic (exact) mass is 226 g/mol. The molecule has 1 aromatic carbocycles. The molecule has 0 amide bonds. The van der Waals surface area contributed by atoms with E-state index >= 15 is 0 Å². The van der Waals surface area contributed by atoms with Crippen molar-refractivity contribution in [2.24, 2.45) is 5.84 Å². The van der Waals surface area contributed by atoms with Crippen molar-refractivity contribution in [2.45, 2.75) is 6.04 Å². The highest BCUT2D eigenvalue weighted by Crippen LogP contribution is 2.16. The van der Waals surface area contributed by atoms with Gasteiger partial charge in [-0.1, -0.05) is 34.1 Å². The number of nitrogens with one attached hydrogen (secondary N) is 1. The van der Waals surface area contributed by atoms with Crippen LogP contribution in [0.3, 0.4) is 0 Å². The molecule has 3 N–H and O–H groups in total. The quantitative estimate of drug-likeness (QED) is 0.471.